The van der Waals surface area contributed by atoms with Gasteiger partial charge < -0.3 is 43.0 Å². The Morgan fingerprint density at radius 2 is 1.09 bits per heavy atom. The Kier molecular flexibility index (Phi) is 20.4. The van der Waals surface area contributed by atoms with E-state index in [1.54, 1.807) is 47.3 Å². The summed E-state index contributed by atoms with van der Waals surface area (Å²) in [5.41, 5.74) is -1.12. The lowest BCUT2D eigenvalue weighted by Crippen LogP contribution is -2.61. The summed E-state index contributed by atoms with van der Waals surface area (Å²) in [6, 6.07) is 3.59. The highest BCUT2D eigenvalue weighted by Crippen LogP contribution is 2.61. The van der Waals surface area contributed by atoms with Crippen molar-refractivity contribution in [1.29, 1.82) is 0 Å². The predicted octanol–water partition coefficient (Wildman–Crippen LogP) is 12.6. The monoisotopic (exact) mass is 1070 g/mol. The van der Waals surface area contributed by atoms with E-state index in [0.29, 0.717) is 66.8 Å². The Balaban J connectivity index is 0.000000190. The van der Waals surface area contributed by atoms with Gasteiger partial charge in [-0.25, -0.2) is 4.79 Å². The first-order valence-corrected chi connectivity index (χ1v) is 28.6. The highest BCUT2D eigenvalue weighted by Gasteiger charge is 2.60. The van der Waals surface area contributed by atoms with Crippen LogP contribution in [-0.4, -0.2) is 92.4 Å². The number of allylic oxidation sites excluding steroid dienone is 1. The van der Waals surface area contributed by atoms with Gasteiger partial charge in [-0.2, -0.15) is 0 Å². The minimum absolute atomic E-state index is 0.0185. The number of cyclic esters (lactones) is 1. The molecule has 1 N–H and O–H groups in total. The number of aliphatic hydroxyl groups is 1. The zero-order valence-corrected chi connectivity index (χ0v) is 49.8. The summed E-state index contributed by atoms with van der Waals surface area (Å²) in [5, 5.41) is 10.6. The number of carbonyl (C=O) groups is 5. The molecule has 8 aliphatic carbocycles. The van der Waals surface area contributed by atoms with Gasteiger partial charge in [0.25, 0.3) is 0 Å². The van der Waals surface area contributed by atoms with Gasteiger partial charge in [-0.3, -0.25) is 19.2 Å². The summed E-state index contributed by atoms with van der Waals surface area (Å²) in [4.78, 5) is 59.5. The SMILES string of the molecule is CCC(C)(C)C(=O)OC/C=C(\C)c1c(OC)cc(OC)cc1OC.CCC(C)(C)C(=O)OC1(C)C2CC3CC(C2)CC1C3.CCC(C)(C)C(=O)OC12CC3CC(CC(O)(C3)C1)C2.CCC(C)(C)C(=O)OC1CCOC1=O. The number of hydrogen-bond acceptors (Lipinski definition) is 14. The zero-order chi connectivity index (χ0) is 56.8. The van der Waals surface area contributed by atoms with Crippen LogP contribution >= 0.6 is 0 Å². The van der Waals surface area contributed by atoms with Gasteiger partial charge in [0.1, 0.15) is 35.1 Å². The molecular weight excluding hydrogens is 969 g/mol. The van der Waals surface area contributed by atoms with Crippen LogP contribution in [0.25, 0.3) is 5.57 Å². The molecule has 0 radical (unpaired) electrons. The largest absolute Gasteiger partial charge is 0.496 e. The predicted molar refractivity (Wildman–Crippen MR) is 292 cm³/mol. The van der Waals surface area contributed by atoms with Crippen LogP contribution in [0.5, 0.6) is 17.2 Å². The molecule has 3 unspecified atom stereocenters. The van der Waals surface area contributed by atoms with Crippen molar-refractivity contribution in [2.75, 3.05) is 34.5 Å². The molecule has 430 valence electrons. The van der Waals surface area contributed by atoms with E-state index in [1.165, 1.54) is 38.5 Å². The maximum atomic E-state index is 12.5. The van der Waals surface area contributed by atoms with Crippen LogP contribution in [-0.2, 0) is 47.7 Å². The van der Waals surface area contributed by atoms with E-state index in [0.717, 1.165) is 67.9 Å². The van der Waals surface area contributed by atoms with Gasteiger partial charge in [-0.05, 0) is 206 Å². The molecule has 1 aliphatic heterocycles. The average molecular weight is 1070 g/mol. The molecule has 1 saturated heterocycles. The summed E-state index contributed by atoms with van der Waals surface area (Å²) >= 11 is 0. The molecule has 76 heavy (non-hydrogen) atoms. The average Bonchev–Trinajstić information content (AvgIpc) is 3.77. The summed E-state index contributed by atoms with van der Waals surface area (Å²) < 4.78 is 43.4. The maximum Gasteiger partial charge on any atom is 0.347 e. The molecular formula is C62H98O14. The van der Waals surface area contributed by atoms with E-state index >= 15 is 0 Å². The fourth-order valence-corrected chi connectivity index (χ4v) is 12.6. The lowest BCUT2D eigenvalue weighted by Gasteiger charge is -2.59. The minimum atomic E-state index is -0.687. The second kappa shape index (κ2) is 24.8. The van der Waals surface area contributed by atoms with Crippen LogP contribution in [0.2, 0.25) is 0 Å². The third-order valence-electron chi connectivity index (χ3n) is 19.0. The van der Waals surface area contributed by atoms with E-state index in [1.807, 2.05) is 75.3 Å². The lowest BCUT2D eigenvalue weighted by molar-refractivity contribution is -0.225. The van der Waals surface area contributed by atoms with Crippen LogP contribution < -0.4 is 14.2 Å². The van der Waals surface area contributed by atoms with Crippen LogP contribution in [0.15, 0.2) is 18.2 Å². The number of ether oxygens (including phenoxy) is 8. The Labute approximate surface area is 456 Å². The summed E-state index contributed by atoms with van der Waals surface area (Å²) in [7, 11) is 4.77. The van der Waals surface area contributed by atoms with Crippen LogP contribution in [0.3, 0.4) is 0 Å². The third kappa shape index (κ3) is 14.7. The fourth-order valence-electron chi connectivity index (χ4n) is 12.6. The summed E-state index contributed by atoms with van der Waals surface area (Å²) in [6.07, 6.45) is 17.0. The quantitative estimate of drug-likeness (QED) is 0.115. The highest BCUT2D eigenvalue weighted by molar-refractivity contribution is 5.83. The van der Waals surface area contributed by atoms with E-state index in [-0.39, 0.29) is 47.1 Å². The Hall–Kier alpha value is -4.33. The maximum absolute atomic E-state index is 12.5. The summed E-state index contributed by atoms with van der Waals surface area (Å²) in [6.45, 7) is 27.9. The van der Waals surface area contributed by atoms with Crippen molar-refractivity contribution < 1.29 is 67.0 Å². The molecule has 14 nitrogen and oxygen atoms in total. The Morgan fingerprint density at radius 3 is 1.51 bits per heavy atom. The lowest BCUT2D eigenvalue weighted by atomic mass is 9.50. The normalized spacial score (nSPS) is 30.0. The molecule has 9 aliphatic rings. The molecule has 8 saturated carbocycles. The van der Waals surface area contributed by atoms with Crippen molar-refractivity contribution in [3.8, 4) is 17.2 Å². The molecule has 9 fully saturated rings. The van der Waals surface area contributed by atoms with Crippen LogP contribution in [0.4, 0.5) is 0 Å². The van der Waals surface area contributed by atoms with Gasteiger partial charge in [-0.1, -0.05) is 27.7 Å². The number of esters is 5. The molecule has 1 heterocycles. The third-order valence-corrected chi connectivity index (χ3v) is 19.0. The second-order valence-corrected chi connectivity index (χ2v) is 26.3. The molecule has 8 bridgehead atoms. The molecule has 0 spiro atoms. The first kappa shape index (κ1) is 62.5. The number of benzene rings is 1. The standard InChI is InChI=1S/C19H28O5.C17H28O2.C16H26O3.C10H16O4/c1-8-19(3,4)18(20)24-10-9-13(2)17-15(22-6)11-14(21-5)12-16(17)23-7;1-5-16(2,3)15(18)19-17(4)13-7-11-6-12(9-13)10-14(17)8-11;1-4-14(2,3)13(17)19-16-8-11-5-12(9-16)7-15(18,6-11)10-16;1-4-10(2,3)9(12)14-7-5-6-13-8(7)11/h9,11-12H,8,10H2,1-7H3;11-14H,5-10H2,1-4H3;11-12,18H,4-10H2,1-3H3;7H,4-6H2,1-3H3/b13-9+;;;. The van der Waals surface area contributed by atoms with Crippen molar-refractivity contribution in [1.82, 2.24) is 0 Å². The molecule has 3 atom stereocenters. The smallest absolute Gasteiger partial charge is 0.347 e. The minimum Gasteiger partial charge on any atom is -0.496 e. The molecule has 10 rings (SSSR count). The molecule has 1 aromatic rings. The van der Waals surface area contributed by atoms with Crippen molar-refractivity contribution in [3.63, 3.8) is 0 Å². The molecule has 0 aromatic heterocycles. The number of hydrogen-bond donors (Lipinski definition) is 1. The number of methoxy groups -OCH3 is 3. The van der Waals surface area contributed by atoms with Gasteiger partial charge in [-0.15, -0.1) is 0 Å². The van der Waals surface area contributed by atoms with E-state index in [2.05, 4.69) is 13.8 Å². The van der Waals surface area contributed by atoms with Crippen molar-refractivity contribution in [2.24, 2.45) is 57.2 Å². The van der Waals surface area contributed by atoms with E-state index in [4.69, 9.17) is 37.9 Å². The van der Waals surface area contributed by atoms with Gasteiger partial charge >= 0.3 is 29.8 Å². The van der Waals surface area contributed by atoms with Gasteiger partial charge in [0, 0.05) is 25.0 Å². The van der Waals surface area contributed by atoms with Crippen molar-refractivity contribution >= 4 is 35.4 Å². The van der Waals surface area contributed by atoms with Crippen LogP contribution in [0.1, 0.15) is 205 Å². The molecule has 1 aromatic carbocycles. The van der Waals surface area contributed by atoms with Crippen molar-refractivity contribution in [2.45, 2.75) is 223 Å². The molecule has 0 amide bonds. The van der Waals surface area contributed by atoms with Gasteiger partial charge in [0.2, 0.25) is 6.10 Å². The zero-order valence-electron chi connectivity index (χ0n) is 49.8. The van der Waals surface area contributed by atoms with Gasteiger partial charge in [0.15, 0.2) is 0 Å². The number of rotatable bonds is 17. The van der Waals surface area contributed by atoms with E-state index < -0.39 is 33.9 Å². The first-order valence-electron chi connectivity index (χ1n) is 28.6. The second-order valence-electron chi connectivity index (χ2n) is 26.3. The highest BCUT2D eigenvalue weighted by atomic mass is 16.6. The first-order chi connectivity index (χ1) is 35.4. The molecule has 14 heteroatoms. The Morgan fingerprint density at radius 1 is 0.645 bits per heavy atom. The van der Waals surface area contributed by atoms with Gasteiger partial charge in [0.05, 0.1) is 60.8 Å². The van der Waals surface area contributed by atoms with Crippen LogP contribution in [0, 0.1) is 57.2 Å². The summed E-state index contributed by atoms with van der Waals surface area (Å²) in [5.74, 6) is 5.12. The van der Waals surface area contributed by atoms with Crippen molar-refractivity contribution in [3.05, 3.63) is 23.8 Å². The fraction of sp³-hybridized carbons (Fsp3) is 0.790. The van der Waals surface area contributed by atoms with E-state index in [9.17, 15) is 29.1 Å². The topological polar surface area (TPSA) is 179 Å². The number of carbonyl (C=O) groups excluding carboxylic acids is 5. The Bertz CT molecular complexity index is 2170.